The van der Waals surface area contributed by atoms with Gasteiger partial charge in [0.25, 0.3) is 0 Å². The molecule has 10 heteroatoms. The molecule has 2 aromatic rings. The van der Waals surface area contributed by atoms with E-state index in [1.165, 1.54) is 17.0 Å². The lowest BCUT2D eigenvalue weighted by molar-refractivity contribution is -0.396. The van der Waals surface area contributed by atoms with Crippen molar-refractivity contribution in [3.63, 3.8) is 0 Å². The fourth-order valence-electron chi connectivity index (χ4n) is 2.64. The zero-order chi connectivity index (χ0) is 22.1. The molecule has 0 saturated heterocycles. The second kappa shape index (κ2) is 10.4. The van der Waals surface area contributed by atoms with Crippen molar-refractivity contribution in [3.8, 4) is 0 Å². The van der Waals surface area contributed by atoms with Gasteiger partial charge in [0.15, 0.2) is 0 Å². The van der Waals surface area contributed by atoms with Crippen molar-refractivity contribution < 1.29 is 24.0 Å². The summed E-state index contributed by atoms with van der Waals surface area (Å²) in [6.07, 6.45) is 2.67. The largest absolute Gasteiger partial charge is 0.459 e. The summed E-state index contributed by atoms with van der Waals surface area (Å²) in [5, 5.41) is 13.5. The fourth-order valence-corrected chi connectivity index (χ4v) is 2.64. The number of hydrogen-bond donors (Lipinski definition) is 1. The molecule has 2 rings (SSSR count). The van der Waals surface area contributed by atoms with Gasteiger partial charge < -0.3 is 24.9 Å². The van der Waals surface area contributed by atoms with Crippen molar-refractivity contribution in [1.29, 1.82) is 0 Å². The van der Waals surface area contributed by atoms with Crippen LogP contribution in [0.2, 0.25) is 0 Å². The molecular formula is C20H26N4O6. The Morgan fingerprint density at radius 3 is 2.60 bits per heavy atom. The maximum Gasteiger partial charge on any atom is 0.434 e. The first-order valence-corrected chi connectivity index (χ1v) is 9.51. The summed E-state index contributed by atoms with van der Waals surface area (Å²) < 4.78 is 11.9. The lowest BCUT2D eigenvalue weighted by Crippen LogP contribution is -2.44. The number of nitro groups is 1. The van der Waals surface area contributed by atoms with Crippen LogP contribution in [-0.2, 0) is 27.4 Å². The molecule has 1 amide bonds. The zero-order valence-electron chi connectivity index (χ0n) is 17.2. The van der Waals surface area contributed by atoms with E-state index in [2.05, 4.69) is 10.3 Å². The van der Waals surface area contributed by atoms with E-state index in [4.69, 9.17) is 9.47 Å². The summed E-state index contributed by atoms with van der Waals surface area (Å²) >= 11 is 0. The summed E-state index contributed by atoms with van der Waals surface area (Å²) in [6.45, 7) is 5.47. The van der Waals surface area contributed by atoms with Gasteiger partial charge in [-0.1, -0.05) is 35.3 Å². The van der Waals surface area contributed by atoms with Crippen LogP contribution in [0.4, 0.5) is 10.7 Å². The van der Waals surface area contributed by atoms with Gasteiger partial charge in [0.2, 0.25) is 0 Å². The van der Waals surface area contributed by atoms with Crippen LogP contribution in [0.25, 0.3) is 0 Å². The number of esters is 1. The number of carbonyl (C=O) groups excluding carboxylic acids is 2. The number of ether oxygens (including phenoxy) is 2. The van der Waals surface area contributed by atoms with Gasteiger partial charge in [-0.2, -0.15) is 0 Å². The molecule has 0 bridgehead atoms. The fraction of sp³-hybridized carbons (Fsp3) is 0.450. The van der Waals surface area contributed by atoms with Crippen LogP contribution < -0.4 is 5.32 Å². The number of benzene rings is 1. The third-order valence-electron chi connectivity index (χ3n) is 3.95. The number of rotatable bonds is 9. The van der Waals surface area contributed by atoms with Gasteiger partial charge in [-0.25, -0.2) is 14.2 Å². The highest BCUT2D eigenvalue weighted by atomic mass is 16.6. The Hall–Kier alpha value is -3.43. The molecule has 1 aromatic carbocycles. The first-order valence-electron chi connectivity index (χ1n) is 9.51. The maximum atomic E-state index is 12.6. The molecule has 1 unspecified atom stereocenters. The van der Waals surface area contributed by atoms with E-state index in [1.807, 2.05) is 30.3 Å². The predicted octanol–water partition coefficient (Wildman–Crippen LogP) is 3.21. The standard InChI is InChI=1S/C20H26N4O6/c1-20(2,3)30-19(26)22-16(17(25)29-14-15-8-5-4-6-9-15)10-7-12-23-13-11-21-18(23)24(27)28/h4-6,8-9,11,13,16H,7,10,12,14H2,1-3H3,(H,22,26). The van der Waals surface area contributed by atoms with Crippen LogP contribution in [0.5, 0.6) is 0 Å². The van der Waals surface area contributed by atoms with Crippen molar-refractivity contribution in [3.05, 3.63) is 58.4 Å². The van der Waals surface area contributed by atoms with Gasteiger partial charge in [-0.05, 0) is 44.1 Å². The summed E-state index contributed by atoms with van der Waals surface area (Å²) in [6, 6.07) is 8.21. The van der Waals surface area contributed by atoms with Gasteiger partial charge >= 0.3 is 18.0 Å². The number of nitrogens with zero attached hydrogens (tertiary/aromatic N) is 3. The molecule has 1 atom stereocenters. The van der Waals surface area contributed by atoms with Gasteiger partial charge in [0, 0.05) is 0 Å². The Morgan fingerprint density at radius 2 is 1.97 bits per heavy atom. The van der Waals surface area contributed by atoms with E-state index in [1.54, 1.807) is 20.8 Å². The van der Waals surface area contributed by atoms with Gasteiger partial charge in [-0.15, -0.1) is 0 Å². The number of aryl methyl sites for hydroxylation is 1. The number of alkyl carbamates (subject to hydrolysis) is 1. The molecule has 162 valence electrons. The third kappa shape index (κ3) is 7.53. The highest BCUT2D eigenvalue weighted by molar-refractivity contribution is 5.81. The molecule has 30 heavy (non-hydrogen) atoms. The summed E-state index contributed by atoms with van der Waals surface area (Å²) in [5.41, 5.74) is 0.0934. The van der Waals surface area contributed by atoms with E-state index in [9.17, 15) is 19.7 Å². The zero-order valence-corrected chi connectivity index (χ0v) is 17.2. The van der Waals surface area contributed by atoms with Gasteiger partial charge in [-0.3, -0.25) is 0 Å². The maximum absolute atomic E-state index is 12.6. The smallest absolute Gasteiger partial charge is 0.434 e. The molecule has 0 aliphatic rings. The second-order valence-corrected chi connectivity index (χ2v) is 7.61. The minimum Gasteiger partial charge on any atom is -0.459 e. The topological polar surface area (TPSA) is 126 Å². The van der Waals surface area contributed by atoms with Crippen molar-refractivity contribution in [2.24, 2.45) is 0 Å². The molecule has 0 aliphatic carbocycles. The quantitative estimate of drug-likeness (QED) is 0.376. The van der Waals surface area contributed by atoms with E-state index in [0.717, 1.165) is 5.56 Å². The molecule has 1 aromatic heterocycles. The second-order valence-electron chi connectivity index (χ2n) is 7.61. The average molecular weight is 418 g/mol. The predicted molar refractivity (Wildman–Crippen MR) is 108 cm³/mol. The molecule has 0 radical (unpaired) electrons. The molecule has 0 spiro atoms. The lowest BCUT2D eigenvalue weighted by atomic mass is 10.1. The molecule has 0 fully saturated rings. The summed E-state index contributed by atoms with van der Waals surface area (Å²) in [5.74, 6) is -0.886. The van der Waals surface area contributed by atoms with Crippen LogP contribution >= 0.6 is 0 Å². The number of hydrogen-bond acceptors (Lipinski definition) is 7. The van der Waals surface area contributed by atoms with E-state index in [0.29, 0.717) is 6.42 Å². The highest BCUT2D eigenvalue weighted by Crippen LogP contribution is 2.12. The van der Waals surface area contributed by atoms with E-state index < -0.39 is 28.6 Å². The Morgan fingerprint density at radius 1 is 1.27 bits per heavy atom. The van der Waals surface area contributed by atoms with Crippen molar-refractivity contribution >= 4 is 18.0 Å². The number of amides is 1. The van der Waals surface area contributed by atoms with Gasteiger partial charge in [0.1, 0.15) is 30.6 Å². The van der Waals surface area contributed by atoms with E-state index >= 15 is 0 Å². The SMILES string of the molecule is CC(C)(C)OC(=O)NC(CCCn1ccnc1[N+](=O)[O-])C(=O)OCc1ccccc1. The van der Waals surface area contributed by atoms with Crippen LogP contribution in [0.1, 0.15) is 39.2 Å². The normalized spacial score (nSPS) is 12.1. The Balaban J connectivity index is 1.98. The van der Waals surface area contributed by atoms with Crippen molar-refractivity contribution in [2.75, 3.05) is 0 Å². The molecule has 1 N–H and O–H groups in total. The molecule has 1 heterocycles. The molecule has 10 nitrogen and oxygen atoms in total. The monoisotopic (exact) mass is 418 g/mol. The minimum atomic E-state index is -0.953. The van der Waals surface area contributed by atoms with Crippen LogP contribution in [0.3, 0.4) is 0 Å². The Bertz CT molecular complexity index is 860. The first kappa shape index (κ1) is 22.9. The molecule has 0 saturated carbocycles. The Labute approximate surface area is 174 Å². The summed E-state index contributed by atoms with van der Waals surface area (Å²) in [4.78, 5) is 38.8. The van der Waals surface area contributed by atoms with Crippen molar-refractivity contribution in [2.45, 2.75) is 58.4 Å². The Kier molecular flexibility index (Phi) is 7.90. The average Bonchev–Trinajstić information content (AvgIpc) is 3.13. The van der Waals surface area contributed by atoms with Gasteiger partial charge in [0.05, 0.1) is 6.54 Å². The third-order valence-corrected chi connectivity index (χ3v) is 3.95. The number of imidazole rings is 1. The number of aromatic nitrogens is 2. The lowest BCUT2D eigenvalue weighted by Gasteiger charge is -2.23. The van der Waals surface area contributed by atoms with Crippen LogP contribution in [0.15, 0.2) is 42.7 Å². The van der Waals surface area contributed by atoms with Crippen LogP contribution in [0, 0.1) is 10.1 Å². The minimum absolute atomic E-state index is 0.0686. The number of carbonyl (C=O) groups is 2. The molecular weight excluding hydrogens is 392 g/mol. The van der Waals surface area contributed by atoms with E-state index in [-0.39, 0.29) is 25.5 Å². The molecule has 0 aliphatic heterocycles. The highest BCUT2D eigenvalue weighted by Gasteiger charge is 2.26. The summed E-state index contributed by atoms with van der Waals surface area (Å²) in [7, 11) is 0. The van der Waals surface area contributed by atoms with Crippen LogP contribution in [-0.4, -0.2) is 38.2 Å². The first-order chi connectivity index (χ1) is 14.2. The van der Waals surface area contributed by atoms with Crippen molar-refractivity contribution in [1.82, 2.24) is 14.9 Å². The number of nitrogens with one attached hydrogen (secondary N) is 1.